The second kappa shape index (κ2) is 11.0. The van der Waals surface area contributed by atoms with Crippen LogP contribution in [-0.4, -0.2) is 0 Å². The van der Waals surface area contributed by atoms with Gasteiger partial charge < -0.3 is 0 Å². The fourth-order valence-electron chi connectivity index (χ4n) is 8.62. The molecule has 2 aliphatic carbocycles. The topological polar surface area (TPSA) is 0 Å². The number of benzene rings is 7. The van der Waals surface area contributed by atoms with Crippen molar-refractivity contribution in [1.82, 2.24) is 0 Å². The fraction of sp³-hybridized carbons (Fsp3) is 0.0612. The normalized spacial score (nSPS) is 13.0. The Hall–Kier alpha value is -5.98. The molecule has 0 aromatic heterocycles. The highest BCUT2D eigenvalue weighted by Gasteiger charge is 2.52. The van der Waals surface area contributed by atoms with Crippen LogP contribution in [0.2, 0.25) is 0 Å². The molecule has 0 unspecified atom stereocenters. The Bertz CT molecular complexity index is 2440. The maximum absolute atomic E-state index is 4.42. The molecule has 0 radical (unpaired) electrons. The van der Waals surface area contributed by atoms with E-state index in [4.69, 9.17) is 0 Å². The molecular formula is C49H36. The fourth-order valence-corrected chi connectivity index (χ4v) is 8.62. The predicted octanol–water partition coefficient (Wildman–Crippen LogP) is 12.8. The van der Waals surface area contributed by atoms with E-state index in [-0.39, 0.29) is 0 Å². The summed E-state index contributed by atoms with van der Waals surface area (Å²) in [7, 11) is 0. The molecule has 0 amide bonds. The van der Waals surface area contributed by atoms with Crippen molar-refractivity contribution >= 4 is 5.57 Å². The number of fused-ring (bicyclic) bond motifs is 10. The number of hydrogen-bond acceptors (Lipinski definition) is 0. The van der Waals surface area contributed by atoms with Crippen molar-refractivity contribution in [3.8, 4) is 55.6 Å². The zero-order valence-corrected chi connectivity index (χ0v) is 27.9. The minimum Gasteiger partial charge on any atom is -0.0985 e. The first-order valence-corrected chi connectivity index (χ1v) is 17.1. The number of rotatable bonds is 5. The maximum atomic E-state index is 4.42. The van der Waals surface area contributed by atoms with E-state index in [1.807, 2.05) is 6.08 Å². The first-order chi connectivity index (χ1) is 24.0. The Morgan fingerprint density at radius 2 is 0.959 bits per heavy atom. The average Bonchev–Trinajstić information content (AvgIpc) is 3.62. The van der Waals surface area contributed by atoms with Crippen LogP contribution < -0.4 is 0 Å². The second-order valence-electron chi connectivity index (χ2n) is 13.5. The van der Waals surface area contributed by atoms with Crippen molar-refractivity contribution in [3.05, 3.63) is 210 Å². The Kier molecular flexibility index (Phi) is 6.58. The lowest BCUT2D eigenvalue weighted by molar-refractivity contribution is 0.796. The van der Waals surface area contributed by atoms with Gasteiger partial charge >= 0.3 is 0 Å². The maximum Gasteiger partial charge on any atom is 0.0731 e. The molecule has 0 fully saturated rings. The summed E-state index contributed by atoms with van der Waals surface area (Å²) in [6.45, 7) is 12.9. The number of aryl methyl sites for hydroxylation is 2. The van der Waals surface area contributed by atoms with Gasteiger partial charge in [0.25, 0.3) is 0 Å². The van der Waals surface area contributed by atoms with Gasteiger partial charge in [0.15, 0.2) is 0 Å². The van der Waals surface area contributed by atoms with E-state index in [0.717, 1.165) is 11.1 Å². The zero-order chi connectivity index (χ0) is 33.3. The van der Waals surface area contributed by atoms with E-state index in [9.17, 15) is 0 Å². The van der Waals surface area contributed by atoms with Crippen LogP contribution in [0.1, 0.15) is 38.9 Å². The van der Waals surface area contributed by atoms with E-state index in [0.29, 0.717) is 0 Å². The van der Waals surface area contributed by atoms with Crippen molar-refractivity contribution in [2.45, 2.75) is 19.3 Å². The second-order valence-corrected chi connectivity index (χ2v) is 13.5. The highest BCUT2D eigenvalue weighted by atomic mass is 14.5. The summed E-state index contributed by atoms with van der Waals surface area (Å²) in [6.07, 6.45) is 1.87. The Balaban J connectivity index is 1.34. The standard InChI is InChI=1S/C49H36/c1-5-31(2)35-27-36(34-26-25-33(4)44(30-34)38-16-7-6-15-32(38)3)29-37(28-35)39-20-14-21-43-42-19-10-13-24-47(42)49(48(39)43)45-22-11-8-17-40(45)41-18-9-12-23-46(41)49/h5-30H,1-2H2,3-4H3. The van der Waals surface area contributed by atoms with E-state index < -0.39 is 5.41 Å². The summed E-state index contributed by atoms with van der Waals surface area (Å²) >= 11 is 0. The lowest BCUT2D eigenvalue weighted by atomic mass is 9.68. The summed E-state index contributed by atoms with van der Waals surface area (Å²) < 4.78 is 0. The van der Waals surface area contributed by atoms with Crippen LogP contribution in [0.4, 0.5) is 0 Å². The summed E-state index contributed by atoms with van der Waals surface area (Å²) in [4.78, 5) is 0. The molecule has 232 valence electrons. The van der Waals surface area contributed by atoms with Gasteiger partial charge in [-0.1, -0.05) is 147 Å². The van der Waals surface area contributed by atoms with Crippen molar-refractivity contribution in [1.29, 1.82) is 0 Å². The summed E-state index contributed by atoms with van der Waals surface area (Å²) in [6, 6.07) is 56.4. The third kappa shape index (κ3) is 4.17. The zero-order valence-electron chi connectivity index (χ0n) is 27.9. The van der Waals surface area contributed by atoms with Gasteiger partial charge in [0, 0.05) is 0 Å². The van der Waals surface area contributed by atoms with E-state index >= 15 is 0 Å². The molecule has 0 bridgehead atoms. The van der Waals surface area contributed by atoms with Gasteiger partial charge in [-0.3, -0.25) is 0 Å². The van der Waals surface area contributed by atoms with E-state index in [2.05, 4.69) is 179 Å². The monoisotopic (exact) mass is 624 g/mol. The van der Waals surface area contributed by atoms with Crippen LogP contribution in [0.25, 0.3) is 61.2 Å². The van der Waals surface area contributed by atoms with Crippen molar-refractivity contribution in [3.63, 3.8) is 0 Å². The first kappa shape index (κ1) is 29.2. The van der Waals surface area contributed by atoms with Crippen LogP contribution in [0.3, 0.4) is 0 Å². The van der Waals surface area contributed by atoms with Gasteiger partial charge in [-0.2, -0.15) is 0 Å². The first-order valence-electron chi connectivity index (χ1n) is 17.1. The molecule has 0 N–H and O–H groups in total. The van der Waals surface area contributed by atoms with Gasteiger partial charge in [-0.15, -0.1) is 0 Å². The van der Waals surface area contributed by atoms with Crippen molar-refractivity contribution in [2.75, 3.05) is 0 Å². The Labute approximate surface area is 289 Å². The molecule has 1 spiro atoms. The van der Waals surface area contributed by atoms with Gasteiger partial charge in [-0.05, 0) is 138 Å². The Morgan fingerprint density at radius 3 is 1.59 bits per heavy atom. The lowest BCUT2D eigenvalue weighted by Gasteiger charge is -2.32. The summed E-state index contributed by atoms with van der Waals surface area (Å²) in [5.41, 5.74) is 22.0. The van der Waals surface area contributed by atoms with Crippen molar-refractivity contribution in [2.24, 2.45) is 0 Å². The van der Waals surface area contributed by atoms with Crippen LogP contribution in [-0.2, 0) is 5.41 Å². The largest absolute Gasteiger partial charge is 0.0985 e. The molecule has 0 nitrogen and oxygen atoms in total. The molecule has 0 atom stereocenters. The molecular weight excluding hydrogens is 589 g/mol. The molecule has 0 saturated carbocycles. The van der Waals surface area contributed by atoms with Gasteiger partial charge in [0.2, 0.25) is 0 Å². The highest BCUT2D eigenvalue weighted by Crippen LogP contribution is 2.64. The van der Waals surface area contributed by atoms with Gasteiger partial charge in [-0.25, -0.2) is 0 Å². The van der Waals surface area contributed by atoms with Crippen LogP contribution >= 0.6 is 0 Å². The van der Waals surface area contributed by atoms with Crippen molar-refractivity contribution < 1.29 is 0 Å². The third-order valence-electron chi connectivity index (χ3n) is 10.9. The SMILES string of the molecule is C=CC(=C)c1cc(-c2ccc(C)c(-c3ccccc3C)c2)cc(-c2cccc3c2C2(c4ccccc4-c4ccccc42)c2ccccc2-3)c1. The minimum atomic E-state index is -0.427. The van der Waals surface area contributed by atoms with Gasteiger partial charge in [0.1, 0.15) is 0 Å². The molecule has 0 heteroatoms. The Morgan fingerprint density at radius 1 is 0.449 bits per heavy atom. The van der Waals surface area contributed by atoms with Crippen LogP contribution in [0, 0.1) is 13.8 Å². The predicted molar refractivity (Wildman–Crippen MR) is 208 cm³/mol. The molecule has 2 aliphatic rings. The van der Waals surface area contributed by atoms with E-state index in [1.54, 1.807) is 0 Å². The molecule has 49 heavy (non-hydrogen) atoms. The number of hydrogen-bond donors (Lipinski definition) is 0. The summed E-state index contributed by atoms with van der Waals surface area (Å²) in [5.74, 6) is 0. The highest BCUT2D eigenvalue weighted by molar-refractivity contribution is 5.99. The minimum absolute atomic E-state index is 0.427. The molecule has 7 aromatic carbocycles. The molecule has 0 heterocycles. The van der Waals surface area contributed by atoms with Gasteiger partial charge in [0.05, 0.1) is 5.41 Å². The third-order valence-corrected chi connectivity index (χ3v) is 10.9. The lowest BCUT2D eigenvalue weighted by Crippen LogP contribution is -2.26. The number of allylic oxidation sites excluding steroid dienone is 2. The molecule has 9 rings (SSSR count). The molecule has 0 saturated heterocycles. The molecule has 0 aliphatic heterocycles. The quantitative estimate of drug-likeness (QED) is 0.167. The summed E-state index contributed by atoms with van der Waals surface area (Å²) in [5, 5.41) is 0. The molecule has 7 aromatic rings. The smallest absolute Gasteiger partial charge is 0.0731 e. The van der Waals surface area contributed by atoms with Crippen LogP contribution in [0.5, 0.6) is 0 Å². The van der Waals surface area contributed by atoms with Crippen LogP contribution in [0.15, 0.2) is 171 Å². The van der Waals surface area contributed by atoms with E-state index in [1.165, 1.54) is 89.0 Å². The average molecular weight is 625 g/mol.